The van der Waals surface area contributed by atoms with E-state index in [1.165, 1.54) is 48.2 Å². The largest absolute Gasteiger partial charge is 0.217 e. The van der Waals surface area contributed by atoms with E-state index in [0.29, 0.717) is 5.92 Å². The molecule has 1 saturated carbocycles. The van der Waals surface area contributed by atoms with Gasteiger partial charge in [-0.2, -0.15) is 5.10 Å². The van der Waals surface area contributed by atoms with E-state index in [-0.39, 0.29) is 0 Å². The Bertz CT molecular complexity index is 792. The van der Waals surface area contributed by atoms with Crippen LogP contribution in [0.15, 0.2) is 24.3 Å². The first-order valence-corrected chi connectivity index (χ1v) is 8.97. The van der Waals surface area contributed by atoms with Gasteiger partial charge in [0, 0.05) is 11.5 Å². The maximum absolute atomic E-state index is 4.87. The molecule has 4 rings (SSSR count). The Morgan fingerprint density at radius 2 is 1.77 bits per heavy atom. The molecule has 0 unspecified atom stereocenters. The van der Waals surface area contributed by atoms with Gasteiger partial charge in [0.2, 0.25) is 4.96 Å². The van der Waals surface area contributed by atoms with E-state index in [0.717, 1.165) is 16.3 Å². The summed E-state index contributed by atoms with van der Waals surface area (Å²) in [5, 5.41) is 6.15. The second-order valence-corrected chi connectivity index (χ2v) is 7.37. The van der Waals surface area contributed by atoms with Gasteiger partial charge in [-0.1, -0.05) is 60.4 Å². The molecule has 0 aliphatic heterocycles. The fraction of sp³-hybridized carbons (Fsp3) is 0.444. The van der Waals surface area contributed by atoms with Crippen molar-refractivity contribution in [2.45, 2.75) is 51.9 Å². The standard InChI is InChI=1S/C18H21N3S/c1-12-8-10-14(11-9-12)16-13(2)21-18(19-16)22-17(20-21)15-6-4-3-5-7-15/h8-11,15H,3-7H2,1-2H3. The quantitative estimate of drug-likeness (QED) is 0.657. The molecule has 2 heterocycles. The number of nitrogens with zero attached hydrogens (tertiary/aromatic N) is 3. The van der Waals surface area contributed by atoms with Crippen molar-refractivity contribution in [3.8, 4) is 11.3 Å². The van der Waals surface area contributed by atoms with Crippen LogP contribution in [0.5, 0.6) is 0 Å². The predicted molar refractivity (Wildman–Crippen MR) is 91.6 cm³/mol. The number of aromatic nitrogens is 3. The summed E-state index contributed by atoms with van der Waals surface area (Å²) in [4.78, 5) is 5.88. The summed E-state index contributed by atoms with van der Waals surface area (Å²) in [5.74, 6) is 0.655. The second-order valence-electron chi connectivity index (χ2n) is 6.38. The monoisotopic (exact) mass is 311 g/mol. The lowest BCUT2D eigenvalue weighted by Gasteiger charge is -2.18. The molecule has 0 saturated heterocycles. The molecule has 114 valence electrons. The highest BCUT2D eigenvalue weighted by atomic mass is 32.1. The molecule has 1 aromatic carbocycles. The van der Waals surface area contributed by atoms with Crippen molar-refractivity contribution in [1.29, 1.82) is 0 Å². The summed E-state index contributed by atoms with van der Waals surface area (Å²) in [5.41, 5.74) is 4.67. The molecule has 0 spiro atoms. The van der Waals surface area contributed by atoms with Crippen LogP contribution >= 0.6 is 11.3 Å². The molecular weight excluding hydrogens is 290 g/mol. The van der Waals surface area contributed by atoms with Crippen LogP contribution in [0.4, 0.5) is 0 Å². The maximum Gasteiger partial charge on any atom is 0.212 e. The Morgan fingerprint density at radius 1 is 1.05 bits per heavy atom. The van der Waals surface area contributed by atoms with E-state index in [2.05, 4.69) is 38.1 Å². The van der Waals surface area contributed by atoms with E-state index in [4.69, 9.17) is 10.1 Å². The zero-order chi connectivity index (χ0) is 15.1. The highest BCUT2D eigenvalue weighted by molar-refractivity contribution is 7.16. The van der Waals surface area contributed by atoms with Crippen LogP contribution in [0.1, 0.15) is 54.3 Å². The average molecular weight is 311 g/mol. The third kappa shape index (κ3) is 2.35. The van der Waals surface area contributed by atoms with Crippen LogP contribution in [0.25, 0.3) is 16.2 Å². The van der Waals surface area contributed by atoms with Gasteiger partial charge in [0.1, 0.15) is 5.01 Å². The fourth-order valence-electron chi connectivity index (χ4n) is 3.36. The summed E-state index contributed by atoms with van der Waals surface area (Å²) in [6.07, 6.45) is 6.66. The maximum atomic E-state index is 4.87. The summed E-state index contributed by atoms with van der Waals surface area (Å²) in [6, 6.07) is 8.58. The van der Waals surface area contributed by atoms with Crippen molar-refractivity contribution in [2.75, 3.05) is 0 Å². The van der Waals surface area contributed by atoms with Crippen LogP contribution in [0, 0.1) is 13.8 Å². The van der Waals surface area contributed by atoms with Crippen molar-refractivity contribution >= 4 is 16.3 Å². The van der Waals surface area contributed by atoms with Gasteiger partial charge >= 0.3 is 0 Å². The lowest BCUT2D eigenvalue weighted by Crippen LogP contribution is -2.04. The first-order valence-electron chi connectivity index (χ1n) is 8.15. The van der Waals surface area contributed by atoms with Crippen LogP contribution in [0.2, 0.25) is 0 Å². The summed E-state index contributed by atoms with van der Waals surface area (Å²) < 4.78 is 2.05. The molecule has 3 nitrogen and oxygen atoms in total. The van der Waals surface area contributed by atoms with E-state index in [1.54, 1.807) is 11.3 Å². The molecule has 0 radical (unpaired) electrons. The lowest BCUT2D eigenvalue weighted by atomic mass is 9.90. The number of benzene rings is 1. The smallest absolute Gasteiger partial charge is 0.212 e. The van der Waals surface area contributed by atoms with Gasteiger partial charge in [0.15, 0.2) is 0 Å². The van der Waals surface area contributed by atoms with E-state index < -0.39 is 0 Å². The Labute approximate surface area is 135 Å². The SMILES string of the molecule is Cc1ccc(-c2nc3sc(C4CCCCC4)nn3c2C)cc1. The molecule has 0 N–H and O–H groups in total. The molecule has 22 heavy (non-hydrogen) atoms. The van der Waals surface area contributed by atoms with Gasteiger partial charge in [0.05, 0.1) is 11.4 Å². The molecule has 1 aliphatic carbocycles. The first kappa shape index (κ1) is 13.9. The van der Waals surface area contributed by atoms with Crippen LogP contribution in [0.3, 0.4) is 0 Å². The third-order valence-electron chi connectivity index (χ3n) is 4.72. The van der Waals surface area contributed by atoms with E-state index in [9.17, 15) is 0 Å². The minimum Gasteiger partial charge on any atom is -0.217 e. The van der Waals surface area contributed by atoms with Crippen molar-refractivity contribution in [1.82, 2.24) is 14.6 Å². The van der Waals surface area contributed by atoms with Gasteiger partial charge in [0.25, 0.3) is 0 Å². The van der Waals surface area contributed by atoms with Gasteiger partial charge in [-0.05, 0) is 26.7 Å². The van der Waals surface area contributed by atoms with Crippen LogP contribution in [-0.4, -0.2) is 14.6 Å². The first-order chi connectivity index (χ1) is 10.7. The number of imidazole rings is 1. The Morgan fingerprint density at radius 3 is 2.45 bits per heavy atom. The van der Waals surface area contributed by atoms with Gasteiger partial charge in [-0.15, -0.1) is 0 Å². The Hall–Kier alpha value is -1.68. The molecule has 4 heteroatoms. The molecule has 1 fully saturated rings. The molecule has 0 amide bonds. The summed E-state index contributed by atoms with van der Waals surface area (Å²) in [7, 11) is 0. The van der Waals surface area contributed by atoms with E-state index >= 15 is 0 Å². The molecule has 2 aromatic heterocycles. The highest BCUT2D eigenvalue weighted by Crippen LogP contribution is 2.36. The normalized spacial score (nSPS) is 16.5. The molecule has 0 atom stereocenters. The number of hydrogen-bond donors (Lipinski definition) is 0. The Balaban J connectivity index is 1.72. The minimum atomic E-state index is 0.655. The van der Waals surface area contributed by atoms with Gasteiger partial charge in [-0.25, -0.2) is 9.50 Å². The average Bonchev–Trinajstić information content (AvgIpc) is 3.09. The number of fused-ring (bicyclic) bond motifs is 1. The molecule has 0 bridgehead atoms. The number of rotatable bonds is 2. The molecular formula is C18H21N3S. The van der Waals surface area contributed by atoms with Crippen LogP contribution < -0.4 is 0 Å². The molecule has 3 aromatic rings. The second kappa shape index (κ2) is 5.51. The lowest BCUT2D eigenvalue weighted by molar-refractivity contribution is 0.439. The molecule has 1 aliphatic rings. The van der Waals surface area contributed by atoms with Gasteiger partial charge in [-0.3, -0.25) is 0 Å². The number of hydrogen-bond acceptors (Lipinski definition) is 3. The van der Waals surface area contributed by atoms with Crippen LogP contribution in [-0.2, 0) is 0 Å². The topological polar surface area (TPSA) is 30.2 Å². The third-order valence-corrected chi connectivity index (χ3v) is 5.79. The van der Waals surface area contributed by atoms with Gasteiger partial charge < -0.3 is 0 Å². The minimum absolute atomic E-state index is 0.655. The van der Waals surface area contributed by atoms with Crippen molar-refractivity contribution in [3.05, 3.63) is 40.5 Å². The van der Waals surface area contributed by atoms with Crippen molar-refractivity contribution in [2.24, 2.45) is 0 Å². The highest BCUT2D eigenvalue weighted by Gasteiger charge is 2.22. The summed E-state index contributed by atoms with van der Waals surface area (Å²) >= 11 is 1.78. The zero-order valence-electron chi connectivity index (χ0n) is 13.2. The van der Waals surface area contributed by atoms with E-state index in [1.807, 2.05) is 4.52 Å². The number of aryl methyl sites for hydroxylation is 2. The Kier molecular flexibility index (Phi) is 3.49. The van der Waals surface area contributed by atoms with Crippen molar-refractivity contribution in [3.63, 3.8) is 0 Å². The fourth-order valence-corrected chi connectivity index (χ4v) is 4.48. The predicted octanol–water partition coefficient (Wildman–Crippen LogP) is 5.12. The summed E-state index contributed by atoms with van der Waals surface area (Å²) in [6.45, 7) is 4.24. The van der Waals surface area contributed by atoms with Crippen molar-refractivity contribution < 1.29 is 0 Å². The zero-order valence-corrected chi connectivity index (χ0v) is 14.0.